The molecule has 0 bridgehead atoms. The summed E-state index contributed by atoms with van der Waals surface area (Å²) in [7, 11) is 2.79. The maximum atomic E-state index is 13.5. The molecule has 1 saturated heterocycles. The number of amides is 1. The number of anilines is 2. The molecule has 2 aromatic carbocycles. The fraction of sp³-hybridized carbons (Fsp3) is 0.348. The van der Waals surface area contributed by atoms with Crippen molar-refractivity contribution < 1.29 is 34.8 Å². The third-order valence-electron chi connectivity index (χ3n) is 5.11. The van der Waals surface area contributed by atoms with E-state index < -0.39 is 50.6 Å². The van der Waals surface area contributed by atoms with E-state index in [0.29, 0.717) is 4.90 Å². The number of rotatable bonds is 5. The van der Waals surface area contributed by atoms with Crippen LogP contribution in [-0.2, 0) is 4.79 Å². The monoisotopic (exact) mass is 459 g/mol. The van der Waals surface area contributed by atoms with Crippen LogP contribution in [-0.4, -0.2) is 73.7 Å². The number of para-hydroxylation sites is 2. The first-order chi connectivity index (χ1) is 19.2. The van der Waals surface area contributed by atoms with E-state index in [1.807, 2.05) is 0 Å². The highest BCUT2D eigenvalue weighted by Gasteiger charge is 2.33. The van der Waals surface area contributed by atoms with Gasteiger partial charge in [0.05, 0.1) is 28.0 Å². The summed E-state index contributed by atoms with van der Waals surface area (Å²) in [5.41, 5.74) is 0.307. The van der Waals surface area contributed by atoms with E-state index in [2.05, 4.69) is 9.97 Å². The zero-order valence-corrected chi connectivity index (χ0v) is 17.7. The molecule has 2 aliphatic rings. The SMILES string of the molecule is [2H]N([2H])c1nc(N2C([2H])([2H])CN(C(=O)C3Oc4ccccc4OC3([2H])[2H])CC2([2H])[2H])nc2cc(OC)c(OC)cc12. The molecule has 0 aliphatic carbocycles. The topological polar surface area (TPSA) is 112 Å². The van der Waals surface area contributed by atoms with Crippen molar-refractivity contribution in [1.82, 2.24) is 14.9 Å². The predicted molar refractivity (Wildman–Crippen MR) is 122 cm³/mol. The Hall–Kier alpha value is -3.95. The Morgan fingerprint density at radius 1 is 1.15 bits per heavy atom. The Balaban J connectivity index is 1.51. The van der Waals surface area contributed by atoms with Gasteiger partial charge in [0.2, 0.25) is 12.1 Å². The molecule has 2 aliphatic heterocycles. The third kappa shape index (κ3) is 3.88. The molecular formula is C23H25N5O5. The first kappa shape index (κ1) is 13.6. The molecule has 0 saturated carbocycles. The minimum atomic E-state index is -2.63. The first-order valence-electron chi connectivity index (χ1n) is 13.8. The molecule has 172 valence electrons. The molecule has 5 rings (SSSR count). The van der Waals surface area contributed by atoms with Crippen LogP contribution in [0, 0.1) is 0 Å². The number of benzene rings is 2. The second kappa shape index (κ2) is 8.53. The van der Waals surface area contributed by atoms with Crippen LogP contribution in [0.15, 0.2) is 36.4 Å². The van der Waals surface area contributed by atoms with Crippen LogP contribution >= 0.6 is 0 Å². The second-order valence-corrected chi connectivity index (χ2v) is 7.08. The molecule has 0 spiro atoms. The van der Waals surface area contributed by atoms with E-state index in [9.17, 15) is 4.79 Å². The molecule has 3 heterocycles. The van der Waals surface area contributed by atoms with Gasteiger partial charge in [-0.15, -0.1) is 0 Å². The number of ether oxygens (including phenoxy) is 4. The zero-order chi connectivity index (χ0) is 29.9. The number of aromatic nitrogens is 2. The predicted octanol–water partition coefficient (Wildman–Crippen LogP) is 1.72. The van der Waals surface area contributed by atoms with Crippen LogP contribution in [0.3, 0.4) is 0 Å². The molecule has 3 aromatic rings. The lowest BCUT2D eigenvalue weighted by Gasteiger charge is -2.37. The normalized spacial score (nSPS) is 25.7. The highest BCUT2D eigenvalue weighted by Crippen LogP contribution is 2.34. The zero-order valence-electron chi connectivity index (χ0n) is 25.7. The molecule has 33 heavy (non-hydrogen) atoms. The van der Waals surface area contributed by atoms with Crippen molar-refractivity contribution in [3.63, 3.8) is 0 Å². The van der Waals surface area contributed by atoms with Gasteiger partial charge >= 0.3 is 0 Å². The van der Waals surface area contributed by atoms with E-state index >= 15 is 0 Å². The van der Waals surface area contributed by atoms with Crippen LogP contribution in [0.5, 0.6) is 23.0 Å². The van der Waals surface area contributed by atoms with Gasteiger partial charge in [0, 0.05) is 37.5 Å². The van der Waals surface area contributed by atoms with Crippen molar-refractivity contribution >= 4 is 28.6 Å². The lowest BCUT2D eigenvalue weighted by Crippen LogP contribution is -2.54. The Morgan fingerprint density at radius 2 is 1.88 bits per heavy atom. The lowest BCUT2D eigenvalue weighted by molar-refractivity contribution is -0.141. The average molecular weight is 460 g/mol. The summed E-state index contributed by atoms with van der Waals surface area (Å²) in [6, 6.07) is 9.05. The summed E-state index contributed by atoms with van der Waals surface area (Å²) in [5, 5.41) is 0.197. The Bertz CT molecular complexity index is 1490. The van der Waals surface area contributed by atoms with Gasteiger partial charge in [-0.2, -0.15) is 4.98 Å². The van der Waals surface area contributed by atoms with Gasteiger partial charge in [-0.1, -0.05) is 12.1 Å². The van der Waals surface area contributed by atoms with Gasteiger partial charge in [0.25, 0.3) is 5.91 Å². The van der Waals surface area contributed by atoms with Crippen molar-refractivity contribution in [2.75, 3.05) is 57.5 Å². The van der Waals surface area contributed by atoms with Crippen molar-refractivity contribution in [3.05, 3.63) is 36.4 Å². The summed E-state index contributed by atoms with van der Waals surface area (Å²) >= 11 is 0. The van der Waals surface area contributed by atoms with Gasteiger partial charge in [-0.3, -0.25) is 4.79 Å². The third-order valence-corrected chi connectivity index (χ3v) is 5.11. The Labute approximate surface area is 202 Å². The number of methoxy groups -OCH3 is 2. The maximum absolute atomic E-state index is 13.5. The average Bonchev–Trinajstić information content (AvgIpc) is 2.89. The molecule has 2 N–H and O–H groups in total. The fourth-order valence-electron chi connectivity index (χ4n) is 3.42. The van der Waals surface area contributed by atoms with E-state index in [4.69, 9.17) is 30.0 Å². The van der Waals surface area contributed by atoms with Crippen molar-refractivity contribution in [1.29, 1.82) is 0 Å². The second-order valence-electron chi connectivity index (χ2n) is 7.08. The van der Waals surface area contributed by atoms with E-state index in [-0.39, 0.29) is 45.4 Å². The van der Waals surface area contributed by atoms with Crippen LogP contribution in [0.4, 0.5) is 11.8 Å². The van der Waals surface area contributed by atoms with Crippen molar-refractivity contribution in [2.24, 2.45) is 0 Å². The number of carbonyl (C=O) groups is 1. The lowest BCUT2D eigenvalue weighted by atomic mass is 10.2. The first-order valence-corrected chi connectivity index (χ1v) is 9.94. The maximum Gasteiger partial charge on any atom is 0.267 e. The number of fused-ring (bicyclic) bond motifs is 2. The van der Waals surface area contributed by atoms with Gasteiger partial charge in [0.1, 0.15) is 12.4 Å². The number of hydrogen-bond acceptors (Lipinski definition) is 9. The number of nitrogen functional groups attached to an aromatic ring is 1. The van der Waals surface area contributed by atoms with Crippen LogP contribution in [0.25, 0.3) is 10.9 Å². The number of hydrogen-bond donors (Lipinski definition) is 1. The summed E-state index contributed by atoms with van der Waals surface area (Å²) in [5.74, 6) is -1.04. The number of nitrogens with two attached hydrogens (primary N) is 1. The van der Waals surface area contributed by atoms with E-state index in [1.165, 1.54) is 38.5 Å². The van der Waals surface area contributed by atoms with Gasteiger partial charge in [-0.05, 0) is 18.2 Å². The minimum absolute atomic E-state index is 0.0911. The minimum Gasteiger partial charge on any atom is -0.493 e. The quantitative estimate of drug-likeness (QED) is 0.609. The standard InChI is InChI=1S/C23H25N5O5/c1-30-18-11-14-15(12-19(18)31-2)25-23(26-21(14)24)28-9-7-27(8-10-28)22(29)20-13-32-16-5-3-4-6-17(16)33-20/h3-6,11-12,20H,7-10,13H2,1-2H3,(H2,24,25,26)/i9D2,10D2,13D2/hD2. The summed E-state index contributed by atoms with van der Waals surface area (Å²) in [6.45, 7) is -9.31. The number of piperazine rings is 1. The van der Waals surface area contributed by atoms with Crippen LogP contribution in [0.1, 0.15) is 8.22 Å². The Kier molecular flexibility index (Phi) is 3.51. The molecule has 1 aromatic heterocycles. The molecule has 1 amide bonds. The van der Waals surface area contributed by atoms with Gasteiger partial charge < -0.3 is 34.5 Å². The summed E-state index contributed by atoms with van der Waals surface area (Å²) in [6.07, 6.45) is -1.83. The van der Waals surface area contributed by atoms with E-state index in [0.717, 1.165) is 4.90 Å². The molecule has 1 unspecified atom stereocenters. The number of carbonyl (C=O) groups excluding carboxylic acids is 1. The molecule has 1 atom stereocenters. The summed E-state index contributed by atoms with van der Waals surface area (Å²) < 4.78 is 88.5. The smallest absolute Gasteiger partial charge is 0.267 e. The molecule has 10 nitrogen and oxygen atoms in total. The molecule has 1 fully saturated rings. The fourth-order valence-corrected chi connectivity index (χ4v) is 3.42. The molecule has 0 radical (unpaired) electrons. The largest absolute Gasteiger partial charge is 0.493 e. The van der Waals surface area contributed by atoms with Crippen molar-refractivity contribution in [3.8, 4) is 23.0 Å². The summed E-state index contributed by atoms with van der Waals surface area (Å²) in [4.78, 5) is 23.4. The van der Waals surface area contributed by atoms with E-state index in [1.54, 1.807) is 12.1 Å². The Morgan fingerprint density at radius 3 is 2.61 bits per heavy atom. The van der Waals surface area contributed by atoms with Gasteiger partial charge in [0.15, 0.2) is 25.8 Å². The van der Waals surface area contributed by atoms with Crippen LogP contribution < -0.4 is 29.6 Å². The highest BCUT2D eigenvalue weighted by atomic mass is 16.6. The van der Waals surface area contributed by atoms with Crippen molar-refractivity contribution in [2.45, 2.75) is 6.10 Å². The molecular weight excluding hydrogens is 426 g/mol. The van der Waals surface area contributed by atoms with Crippen LogP contribution in [0.2, 0.25) is 2.82 Å². The molecule has 10 heteroatoms. The highest BCUT2D eigenvalue weighted by molar-refractivity contribution is 5.91. The van der Waals surface area contributed by atoms with Gasteiger partial charge in [-0.25, -0.2) is 4.98 Å². The number of nitrogens with zero attached hydrogens (tertiary/aromatic N) is 4.